The molecule has 3 N–H and O–H groups in total. The van der Waals surface area contributed by atoms with Gasteiger partial charge in [-0.15, -0.1) is 0 Å². The number of carbonyl (C=O) groups excluding carboxylic acids is 1. The van der Waals surface area contributed by atoms with E-state index in [2.05, 4.69) is 5.32 Å². The van der Waals surface area contributed by atoms with Crippen molar-refractivity contribution in [1.29, 1.82) is 0 Å². The van der Waals surface area contributed by atoms with Crippen LogP contribution in [0.5, 0.6) is 0 Å². The van der Waals surface area contributed by atoms with E-state index in [0.717, 1.165) is 32.1 Å². The maximum atomic E-state index is 11.4. The van der Waals surface area contributed by atoms with Crippen LogP contribution in [-0.2, 0) is 4.74 Å². The van der Waals surface area contributed by atoms with Crippen LogP contribution in [-0.4, -0.2) is 23.8 Å². The van der Waals surface area contributed by atoms with Crippen LogP contribution in [0.3, 0.4) is 0 Å². The minimum atomic E-state index is -0.274. The number of nitrogens with one attached hydrogen (secondary N) is 1. The summed E-state index contributed by atoms with van der Waals surface area (Å²) in [5, 5.41) is 2.83. The Morgan fingerprint density at radius 2 is 2.14 bits per heavy atom. The van der Waals surface area contributed by atoms with Gasteiger partial charge in [-0.05, 0) is 39.0 Å². The lowest BCUT2D eigenvalue weighted by Gasteiger charge is -2.39. The van der Waals surface area contributed by atoms with Crippen LogP contribution in [0.4, 0.5) is 4.79 Å². The first-order chi connectivity index (χ1) is 6.57. The molecule has 14 heavy (non-hydrogen) atoms. The molecule has 2 fully saturated rings. The zero-order valence-corrected chi connectivity index (χ0v) is 8.58. The maximum Gasteiger partial charge on any atom is 0.407 e. The van der Waals surface area contributed by atoms with Gasteiger partial charge in [-0.3, -0.25) is 0 Å². The molecule has 4 nitrogen and oxygen atoms in total. The van der Waals surface area contributed by atoms with Crippen molar-refractivity contribution in [3.8, 4) is 0 Å². The van der Waals surface area contributed by atoms with Gasteiger partial charge in [0.25, 0.3) is 0 Å². The molecule has 80 valence electrons. The fraction of sp³-hybridized carbons (Fsp3) is 0.900. The second kappa shape index (κ2) is 3.42. The molecule has 0 aromatic heterocycles. The zero-order chi connectivity index (χ0) is 10.2. The predicted octanol–water partition coefficient (Wildman–Crippen LogP) is 1.14. The van der Waals surface area contributed by atoms with Gasteiger partial charge in [-0.2, -0.15) is 0 Å². The second-order valence-electron chi connectivity index (χ2n) is 4.77. The van der Waals surface area contributed by atoms with E-state index in [1.807, 2.05) is 6.92 Å². The third-order valence-electron chi connectivity index (χ3n) is 3.25. The molecule has 0 bridgehead atoms. The topological polar surface area (TPSA) is 64.3 Å². The number of carbonyl (C=O) groups is 1. The average Bonchev–Trinajstić information content (AvgIpc) is 1.98. The normalized spacial score (nSPS) is 33.9. The van der Waals surface area contributed by atoms with Crippen LogP contribution in [0.2, 0.25) is 0 Å². The summed E-state index contributed by atoms with van der Waals surface area (Å²) in [7, 11) is 0. The lowest BCUT2D eigenvalue weighted by atomic mass is 9.82. The van der Waals surface area contributed by atoms with Crippen LogP contribution in [0.25, 0.3) is 0 Å². The average molecular weight is 198 g/mol. The Bertz CT molecular complexity index is 232. The van der Waals surface area contributed by atoms with Gasteiger partial charge in [-0.25, -0.2) is 4.79 Å². The number of hydrogen-bond acceptors (Lipinski definition) is 3. The minimum absolute atomic E-state index is 0.198. The summed E-state index contributed by atoms with van der Waals surface area (Å²) >= 11 is 0. The summed E-state index contributed by atoms with van der Waals surface area (Å²) < 4.78 is 5.32. The van der Waals surface area contributed by atoms with E-state index in [4.69, 9.17) is 10.5 Å². The van der Waals surface area contributed by atoms with Gasteiger partial charge in [0.2, 0.25) is 0 Å². The highest BCUT2D eigenvalue weighted by Gasteiger charge is 2.37. The highest BCUT2D eigenvalue weighted by Crippen LogP contribution is 2.35. The van der Waals surface area contributed by atoms with Crippen molar-refractivity contribution >= 4 is 6.09 Å². The van der Waals surface area contributed by atoms with Gasteiger partial charge >= 0.3 is 6.09 Å². The quantitative estimate of drug-likeness (QED) is 0.699. The standard InChI is InChI=1S/C10H18N2O2/c1-10(3-2-4-10)14-9(13)12-8-5-7(11)6-8/h7-8H,2-6,11H2,1H3,(H,12,13)/t7-,8-. The highest BCUT2D eigenvalue weighted by atomic mass is 16.6. The third kappa shape index (κ3) is 2.00. The van der Waals surface area contributed by atoms with Crippen molar-refractivity contribution in [2.24, 2.45) is 5.73 Å². The minimum Gasteiger partial charge on any atom is -0.443 e. The molecule has 0 aromatic carbocycles. The van der Waals surface area contributed by atoms with Gasteiger partial charge < -0.3 is 15.8 Å². The number of rotatable bonds is 2. The summed E-state index contributed by atoms with van der Waals surface area (Å²) in [5.41, 5.74) is 5.42. The molecule has 0 atom stereocenters. The summed E-state index contributed by atoms with van der Waals surface area (Å²) in [6.45, 7) is 1.99. The first kappa shape index (κ1) is 9.77. The Kier molecular flexibility index (Phi) is 2.39. The Morgan fingerprint density at radius 1 is 1.50 bits per heavy atom. The van der Waals surface area contributed by atoms with Gasteiger partial charge in [0.05, 0.1) is 0 Å². The van der Waals surface area contributed by atoms with E-state index >= 15 is 0 Å². The fourth-order valence-corrected chi connectivity index (χ4v) is 1.98. The van der Waals surface area contributed by atoms with Crippen LogP contribution in [0.1, 0.15) is 39.0 Å². The van der Waals surface area contributed by atoms with Crippen LogP contribution >= 0.6 is 0 Å². The van der Waals surface area contributed by atoms with E-state index in [-0.39, 0.29) is 23.8 Å². The lowest BCUT2D eigenvalue weighted by Crippen LogP contribution is -2.52. The first-order valence-corrected chi connectivity index (χ1v) is 5.32. The maximum absolute atomic E-state index is 11.4. The lowest BCUT2D eigenvalue weighted by molar-refractivity contribution is -0.0345. The molecule has 0 saturated heterocycles. The van der Waals surface area contributed by atoms with Gasteiger partial charge in [0.15, 0.2) is 0 Å². The SMILES string of the molecule is CC1(OC(=O)N[C@H]2C[C@H](N)C2)CCC1. The molecule has 0 unspecified atom stereocenters. The van der Waals surface area contributed by atoms with Crippen LogP contribution in [0, 0.1) is 0 Å². The first-order valence-electron chi connectivity index (χ1n) is 5.32. The van der Waals surface area contributed by atoms with Crippen molar-refractivity contribution in [2.75, 3.05) is 0 Å². The molecular weight excluding hydrogens is 180 g/mol. The van der Waals surface area contributed by atoms with Crippen molar-refractivity contribution in [3.05, 3.63) is 0 Å². The molecule has 4 heteroatoms. The molecule has 0 radical (unpaired) electrons. The molecule has 0 aromatic rings. The van der Waals surface area contributed by atoms with Crippen molar-refractivity contribution in [1.82, 2.24) is 5.32 Å². The number of amides is 1. The Balaban J connectivity index is 1.68. The van der Waals surface area contributed by atoms with Gasteiger partial charge in [0.1, 0.15) is 5.60 Å². The zero-order valence-electron chi connectivity index (χ0n) is 8.58. The Labute approximate surface area is 84.2 Å². The van der Waals surface area contributed by atoms with Crippen LogP contribution < -0.4 is 11.1 Å². The van der Waals surface area contributed by atoms with Gasteiger partial charge in [-0.1, -0.05) is 0 Å². The Morgan fingerprint density at radius 3 is 2.57 bits per heavy atom. The molecule has 1 amide bonds. The molecule has 2 aliphatic rings. The molecular formula is C10H18N2O2. The van der Waals surface area contributed by atoms with Gasteiger partial charge in [0, 0.05) is 12.1 Å². The number of ether oxygens (including phenoxy) is 1. The number of hydrogen-bond donors (Lipinski definition) is 2. The van der Waals surface area contributed by atoms with E-state index in [1.54, 1.807) is 0 Å². The van der Waals surface area contributed by atoms with E-state index < -0.39 is 0 Å². The molecule has 0 heterocycles. The molecule has 2 saturated carbocycles. The number of nitrogens with two attached hydrogens (primary N) is 1. The van der Waals surface area contributed by atoms with E-state index in [9.17, 15) is 4.79 Å². The van der Waals surface area contributed by atoms with Crippen molar-refractivity contribution < 1.29 is 9.53 Å². The molecule has 2 aliphatic carbocycles. The summed E-state index contributed by atoms with van der Waals surface area (Å²) in [4.78, 5) is 11.4. The van der Waals surface area contributed by atoms with Crippen molar-refractivity contribution in [2.45, 2.75) is 56.7 Å². The number of alkyl carbamates (subject to hydrolysis) is 1. The summed E-state index contributed by atoms with van der Waals surface area (Å²) in [6.07, 6.45) is 4.63. The predicted molar refractivity (Wildman–Crippen MR) is 52.9 cm³/mol. The summed E-state index contributed by atoms with van der Waals surface area (Å²) in [6, 6.07) is 0.501. The van der Waals surface area contributed by atoms with E-state index in [0.29, 0.717) is 0 Å². The second-order valence-corrected chi connectivity index (χ2v) is 4.77. The van der Waals surface area contributed by atoms with E-state index in [1.165, 1.54) is 0 Å². The Hall–Kier alpha value is -0.770. The van der Waals surface area contributed by atoms with Crippen molar-refractivity contribution in [3.63, 3.8) is 0 Å². The molecule has 2 rings (SSSR count). The molecule has 0 aliphatic heterocycles. The summed E-state index contributed by atoms with van der Waals surface area (Å²) in [5.74, 6) is 0. The van der Waals surface area contributed by atoms with Crippen LogP contribution in [0.15, 0.2) is 0 Å². The fourth-order valence-electron chi connectivity index (χ4n) is 1.98. The third-order valence-corrected chi connectivity index (χ3v) is 3.25. The monoisotopic (exact) mass is 198 g/mol. The largest absolute Gasteiger partial charge is 0.443 e. The smallest absolute Gasteiger partial charge is 0.407 e. The molecule has 0 spiro atoms. The highest BCUT2D eigenvalue weighted by molar-refractivity contribution is 5.68.